The van der Waals surface area contributed by atoms with Crippen LogP contribution >= 0.6 is 7.26 Å². The standard InChI is InChI=1S/C15H35P/c1-5-9-10-11-15-16(12-6-2,13-7-3)14-8-4/h16H,5-15H2,1-4H3. The molecular formula is C15H35P. The zero-order chi connectivity index (χ0) is 12.3. The Bertz CT molecular complexity index is 125. The summed E-state index contributed by atoms with van der Waals surface area (Å²) in [5.41, 5.74) is 0. The van der Waals surface area contributed by atoms with Crippen LogP contribution in [0.5, 0.6) is 0 Å². The molecule has 0 aromatic carbocycles. The van der Waals surface area contributed by atoms with Gasteiger partial charge in [0.05, 0.1) is 0 Å². The molecule has 0 aliphatic heterocycles. The molecule has 0 rings (SSSR count). The molecule has 0 aromatic rings. The zero-order valence-electron chi connectivity index (χ0n) is 12.3. The van der Waals surface area contributed by atoms with Crippen molar-refractivity contribution >= 4 is 7.26 Å². The summed E-state index contributed by atoms with van der Waals surface area (Å²) in [5.74, 6) is 0. The van der Waals surface area contributed by atoms with Crippen LogP contribution < -0.4 is 0 Å². The van der Waals surface area contributed by atoms with Gasteiger partial charge in [-0.15, -0.1) is 0 Å². The third-order valence-electron chi connectivity index (χ3n) is 3.90. The summed E-state index contributed by atoms with van der Waals surface area (Å²) >= 11 is 0. The molecule has 100 valence electrons. The number of hydrogen-bond acceptors (Lipinski definition) is 0. The molecule has 0 radical (unpaired) electrons. The Hall–Kier alpha value is 0.430. The van der Waals surface area contributed by atoms with Crippen LogP contribution in [0.1, 0.15) is 72.6 Å². The van der Waals surface area contributed by atoms with E-state index in [4.69, 9.17) is 0 Å². The van der Waals surface area contributed by atoms with Crippen LogP contribution in [0.15, 0.2) is 0 Å². The van der Waals surface area contributed by atoms with Crippen LogP contribution in [-0.2, 0) is 0 Å². The Balaban J connectivity index is 4.12. The molecular weight excluding hydrogens is 211 g/mol. The molecule has 16 heavy (non-hydrogen) atoms. The van der Waals surface area contributed by atoms with E-state index in [0.717, 1.165) is 0 Å². The van der Waals surface area contributed by atoms with Crippen LogP contribution in [0.2, 0.25) is 0 Å². The van der Waals surface area contributed by atoms with Gasteiger partial charge in [0.1, 0.15) is 0 Å². The van der Waals surface area contributed by atoms with Crippen molar-refractivity contribution in [3.8, 4) is 0 Å². The van der Waals surface area contributed by atoms with E-state index in [1.807, 2.05) is 0 Å². The van der Waals surface area contributed by atoms with Gasteiger partial charge in [-0.2, -0.15) is 0 Å². The molecule has 0 aliphatic carbocycles. The Morgan fingerprint density at radius 1 is 0.500 bits per heavy atom. The van der Waals surface area contributed by atoms with E-state index in [0.29, 0.717) is 0 Å². The molecule has 0 fully saturated rings. The van der Waals surface area contributed by atoms with Crippen molar-refractivity contribution in [1.82, 2.24) is 0 Å². The van der Waals surface area contributed by atoms with E-state index in [1.54, 1.807) is 24.6 Å². The summed E-state index contributed by atoms with van der Waals surface area (Å²) in [7, 11) is -0.846. The Labute approximate surface area is 105 Å². The Kier molecular flexibility index (Phi) is 10.9. The van der Waals surface area contributed by atoms with Gasteiger partial charge in [0.15, 0.2) is 0 Å². The van der Waals surface area contributed by atoms with Gasteiger partial charge in [0.25, 0.3) is 0 Å². The maximum absolute atomic E-state index is 2.39. The van der Waals surface area contributed by atoms with Crippen molar-refractivity contribution in [1.29, 1.82) is 0 Å². The van der Waals surface area contributed by atoms with Crippen LogP contribution in [0.25, 0.3) is 0 Å². The van der Waals surface area contributed by atoms with Crippen LogP contribution in [0.3, 0.4) is 0 Å². The minimum atomic E-state index is -0.846. The summed E-state index contributed by atoms with van der Waals surface area (Å²) < 4.78 is 0. The topological polar surface area (TPSA) is 0 Å². The van der Waals surface area contributed by atoms with Crippen molar-refractivity contribution in [2.45, 2.75) is 72.6 Å². The molecule has 0 aromatic heterocycles. The van der Waals surface area contributed by atoms with Gasteiger partial charge in [-0.3, -0.25) is 0 Å². The molecule has 0 N–H and O–H groups in total. The average Bonchev–Trinajstić information content (AvgIpc) is 2.26. The minimum absolute atomic E-state index is 0.846. The first-order valence-electron chi connectivity index (χ1n) is 7.74. The van der Waals surface area contributed by atoms with E-state index in [1.165, 1.54) is 44.9 Å². The second kappa shape index (κ2) is 10.6. The van der Waals surface area contributed by atoms with Crippen molar-refractivity contribution in [3.05, 3.63) is 0 Å². The Morgan fingerprint density at radius 3 is 1.38 bits per heavy atom. The fourth-order valence-electron chi connectivity index (χ4n) is 3.27. The van der Waals surface area contributed by atoms with Gasteiger partial charge in [-0.25, -0.2) is 0 Å². The molecule has 0 atom stereocenters. The number of rotatable bonds is 11. The van der Waals surface area contributed by atoms with E-state index in [2.05, 4.69) is 27.7 Å². The maximum atomic E-state index is 2.39. The van der Waals surface area contributed by atoms with Crippen molar-refractivity contribution in [2.75, 3.05) is 24.6 Å². The quantitative estimate of drug-likeness (QED) is 0.331. The monoisotopic (exact) mass is 246 g/mol. The summed E-state index contributed by atoms with van der Waals surface area (Å²) in [5, 5.41) is 0. The van der Waals surface area contributed by atoms with E-state index >= 15 is 0 Å². The van der Waals surface area contributed by atoms with E-state index < -0.39 is 7.26 Å². The molecule has 0 nitrogen and oxygen atoms in total. The third kappa shape index (κ3) is 6.89. The summed E-state index contributed by atoms with van der Waals surface area (Å²) in [6.45, 7) is 9.48. The van der Waals surface area contributed by atoms with Crippen LogP contribution in [0.4, 0.5) is 0 Å². The fourth-order valence-corrected chi connectivity index (χ4v) is 8.95. The molecule has 0 spiro atoms. The van der Waals surface area contributed by atoms with Crippen molar-refractivity contribution < 1.29 is 0 Å². The van der Waals surface area contributed by atoms with Gasteiger partial charge in [0.2, 0.25) is 0 Å². The first-order chi connectivity index (χ1) is 7.74. The fraction of sp³-hybridized carbons (Fsp3) is 1.00. The summed E-state index contributed by atoms with van der Waals surface area (Å²) in [6, 6.07) is 0. The molecule has 0 amide bonds. The second-order valence-electron chi connectivity index (χ2n) is 5.56. The van der Waals surface area contributed by atoms with E-state index in [-0.39, 0.29) is 0 Å². The number of unbranched alkanes of at least 4 members (excludes halogenated alkanes) is 3. The van der Waals surface area contributed by atoms with Crippen molar-refractivity contribution in [3.63, 3.8) is 0 Å². The normalized spacial score (nSPS) is 13.0. The van der Waals surface area contributed by atoms with Gasteiger partial charge in [0, 0.05) is 0 Å². The molecule has 0 saturated carbocycles. The predicted molar refractivity (Wildman–Crippen MR) is 82.8 cm³/mol. The Morgan fingerprint density at radius 2 is 1.00 bits per heavy atom. The van der Waals surface area contributed by atoms with Gasteiger partial charge in [-0.1, -0.05) is 0 Å². The molecule has 1 heteroatoms. The predicted octanol–water partition coefficient (Wildman–Crippen LogP) is 5.55. The van der Waals surface area contributed by atoms with Gasteiger partial charge < -0.3 is 0 Å². The van der Waals surface area contributed by atoms with Gasteiger partial charge >= 0.3 is 105 Å². The van der Waals surface area contributed by atoms with Crippen molar-refractivity contribution in [2.24, 2.45) is 0 Å². The summed E-state index contributed by atoms with van der Waals surface area (Å²) in [4.78, 5) is 0. The van der Waals surface area contributed by atoms with E-state index in [9.17, 15) is 0 Å². The summed E-state index contributed by atoms with van der Waals surface area (Å²) in [6.07, 6.45) is 16.6. The SMILES string of the molecule is CCCCCC[PH](CCC)(CCC)CCC. The number of hydrogen-bond donors (Lipinski definition) is 0. The first kappa shape index (κ1) is 16.4. The third-order valence-corrected chi connectivity index (χ3v) is 10.00. The second-order valence-corrected chi connectivity index (χ2v) is 10.6. The first-order valence-corrected chi connectivity index (χ1v) is 10.6. The molecule has 0 saturated heterocycles. The van der Waals surface area contributed by atoms with Crippen LogP contribution in [0, 0.1) is 0 Å². The average molecular weight is 246 g/mol. The molecule has 0 bridgehead atoms. The van der Waals surface area contributed by atoms with Crippen LogP contribution in [-0.4, -0.2) is 24.6 Å². The van der Waals surface area contributed by atoms with Gasteiger partial charge in [-0.05, 0) is 0 Å². The molecule has 0 aliphatic rings. The molecule has 0 unspecified atom stereocenters. The zero-order valence-corrected chi connectivity index (χ0v) is 13.3. The molecule has 0 heterocycles.